The lowest BCUT2D eigenvalue weighted by Gasteiger charge is -2.24. The summed E-state index contributed by atoms with van der Waals surface area (Å²) >= 11 is 0. The second-order valence-corrected chi connectivity index (χ2v) is 6.75. The lowest BCUT2D eigenvalue weighted by Crippen LogP contribution is -2.34. The van der Waals surface area contributed by atoms with Crippen LogP contribution in [0.5, 0.6) is 0 Å². The summed E-state index contributed by atoms with van der Waals surface area (Å²) in [5.74, 6) is 0.445. The van der Waals surface area contributed by atoms with Gasteiger partial charge in [0.15, 0.2) is 0 Å². The van der Waals surface area contributed by atoms with Gasteiger partial charge in [-0.1, -0.05) is 30.3 Å². The Morgan fingerprint density at radius 1 is 1.33 bits per heavy atom. The molecular weight excluding hydrogens is 340 g/mol. The lowest BCUT2D eigenvalue weighted by atomic mass is 10.0. The first kappa shape index (κ1) is 18.8. The number of pyridine rings is 1. The Morgan fingerprint density at radius 2 is 2.11 bits per heavy atom. The largest absolute Gasteiger partial charge is 0.386 e. The Bertz CT molecular complexity index is 808. The van der Waals surface area contributed by atoms with Crippen LogP contribution in [0.4, 0.5) is 16.3 Å². The fraction of sp³-hybridized carbons (Fsp3) is 0.350. The first-order valence-corrected chi connectivity index (χ1v) is 9.14. The van der Waals surface area contributed by atoms with Crippen LogP contribution >= 0.6 is 0 Å². The smallest absolute Gasteiger partial charge is 0.320 e. The van der Waals surface area contributed by atoms with Gasteiger partial charge in [-0.3, -0.25) is 5.32 Å². The fourth-order valence-corrected chi connectivity index (χ4v) is 3.42. The highest BCUT2D eigenvalue weighted by Crippen LogP contribution is 2.24. The zero-order chi connectivity index (χ0) is 19.2. The van der Waals surface area contributed by atoms with Crippen LogP contribution in [0.2, 0.25) is 0 Å². The van der Waals surface area contributed by atoms with Crippen LogP contribution in [0.25, 0.3) is 0 Å². The van der Waals surface area contributed by atoms with Crippen molar-refractivity contribution in [2.75, 3.05) is 31.3 Å². The van der Waals surface area contributed by atoms with Gasteiger partial charge in [0, 0.05) is 25.4 Å². The average Bonchev–Trinajstić information content (AvgIpc) is 2.66. The van der Waals surface area contributed by atoms with Crippen molar-refractivity contribution >= 4 is 23.8 Å². The number of anilines is 2. The first-order chi connectivity index (χ1) is 13.1. The Balaban J connectivity index is 1.93. The third kappa shape index (κ3) is 4.62. The molecule has 0 spiro atoms. The van der Waals surface area contributed by atoms with E-state index in [9.17, 15) is 4.79 Å². The van der Waals surface area contributed by atoms with Gasteiger partial charge in [0.1, 0.15) is 5.82 Å². The number of urea groups is 1. The van der Waals surface area contributed by atoms with E-state index >= 15 is 0 Å². The summed E-state index contributed by atoms with van der Waals surface area (Å²) in [4.78, 5) is 19.4. The topological polar surface area (TPSA) is 93.1 Å². The third-order valence-electron chi connectivity index (χ3n) is 4.73. The molecule has 2 bridgehead atoms. The molecule has 1 aliphatic rings. The average molecular weight is 366 g/mol. The highest BCUT2D eigenvalue weighted by atomic mass is 16.2. The third-order valence-corrected chi connectivity index (χ3v) is 4.73. The lowest BCUT2D eigenvalue weighted by molar-refractivity contribution is 0.246. The van der Waals surface area contributed by atoms with E-state index in [0.29, 0.717) is 17.9 Å². The molecule has 2 heterocycles. The molecule has 2 amide bonds. The summed E-state index contributed by atoms with van der Waals surface area (Å²) in [6.07, 6.45) is 3.08. The van der Waals surface area contributed by atoms with Crippen LogP contribution < -0.4 is 16.0 Å². The molecule has 1 aliphatic heterocycles. The molecule has 1 atom stereocenters. The normalized spacial score (nSPS) is 18.4. The maximum Gasteiger partial charge on any atom is 0.320 e. The van der Waals surface area contributed by atoms with E-state index in [0.717, 1.165) is 36.3 Å². The Hall–Kier alpha value is -2.93. The molecule has 1 aromatic heterocycles. The predicted octanol–water partition coefficient (Wildman–Crippen LogP) is 3.21. The first-order valence-electron chi connectivity index (χ1n) is 9.14. The maximum atomic E-state index is 12.6. The van der Waals surface area contributed by atoms with E-state index in [1.807, 2.05) is 37.4 Å². The summed E-state index contributed by atoms with van der Waals surface area (Å²) in [7, 11) is 3.88. The van der Waals surface area contributed by atoms with Gasteiger partial charge in [-0.05, 0) is 38.1 Å². The number of amides is 2. The van der Waals surface area contributed by atoms with E-state index in [1.165, 1.54) is 6.21 Å². The predicted molar refractivity (Wildman–Crippen MR) is 109 cm³/mol. The summed E-state index contributed by atoms with van der Waals surface area (Å²) in [5.41, 5.74) is 3.42. The van der Waals surface area contributed by atoms with Crippen LogP contribution in [-0.2, 0) is 6.54 Å². The van der Waals surface area contributed by atoms with Gasteiger partial charge in [-0.25, -0.2) is 9.78 Å². The quantitative estimate of drug-likeness (QED) is 0.628. The van der Waals surface area contributed by atoms with Crippen molar-refractivity contribution in [2.45, 2.75) is 25.4 Å². The number of fused-ring (bicyclic) bond motifs is 2. The van der Waals surface area contributed by atoms with E-state index in [1.54, 1.807) is 6.07 Å². The molecule has 27 heavy (non-hydrogen) atoms. The molecule has 0 radical (unpaired) electrons. The van der Waals surface area contributed by atoms with E-state index < -0.39 is 0 Å². The van der Waals surface area contributed by atoms with Gasteiger partial charge >= 0.3 is 6.03 Å². The van der Waals surface area contributed by atoms with Gasteiger partial charge in [0.2, 0.25) is 0 Å². The minimum Gasteiger partial charge on any atom is -0.386 e. The SMILES string of the molecule is CNc1c(C=N)cc2nc1CN(C)CCCC(c1ccccc1)NC(=O)N2. The van der Waals surface area contributed by atoms with Gasteiger partial charge in [-0.15, -0.1) is 0 Å². The van der Waals surface area contributed by atoms with E-state index in [4.69, 9.17) is 5.41 Å². The van der Waals surface area contributed by atoms with Gasteiger partial charge in [0.25, 0.3) is 0 Å². The number of benzene rings is 1. The van der Waals surface area contributed by atoms with E-state index in [2.05, 4.69) is 32.9 Å². The molecule has 1 unspecified atom stereocenters. The molecular formula is C20H26N6O. The van der Waals surface area contributed by atoms with Crippen LogP contribution in [0.3, 0.4) is 0 Å². The molecule has 7 nitrogen and oxygen atoms in total. The molecule has 4 N–H and O–H groups in total. The maximum absolute atomic E-state index is 12.6. The van der Waals surface area contributed by atoms with Gasteiger partial charge in [0.05, 0.1) is 17.4 Å². The van der Waals surface area contributed by atoms with Crippen molar-refractivity contribution in [3.05, 3.63) is 53.2 Å². The van der Waals surface area contributed by atoms with Crippen molar-refractivity contribution in [3.63, 3.8) is 0 Å². The Labute approximate surface area is 159 Å². The van der Waals surface area contributed by atoms with Gasteiger partial charge < -0.3 is 20.9 Å². The molecule has 142 valence electrons. The van der Waals surface area contributed by atoms with Crippen molar-refractivity contribution < 1.29 is 4.79 Å². The molecule has 7 heteroatoms. The molecule has 0 aliphatic carbocycles. The van der Waals surface area contributed by atoms with Crippen LogP contribution in [-0.4, -0.2) is 42.8 Å². The highest BCUT2D eigenvalue weighted by Gasteiger charge is 2.19. The minimum absolute atomic E-state index is 0.0581. The summed E-state index contributed by atoms with van der Waals surface area (Å²) in [6.45, 7) is 1.53. The Kier molecular flexibility index (Phi) is 6.03. The number of nitrogens with one attached hydrogen (secondary N) is 4. The summed E-state index contributed by atoms with van der Waals surface area (Å²) in [6, 6.07) is 11.4. The molecule has 0 fully saturated rings. The van der Waals surface area contributed by atoms with Crippen molar-refractivity contribution in [2.24, 2.45) is 0 Å². The van der Waals surface area contributed by atoms with Crippen molar-refractivity contribution in [1.82, 2.24) is 15.2 Å². The second kappa shape index (κ2) is 8.64. The number of hydrogen-bond acceptors (Lipinski definition) is 5. The van der Waals surface area contributed by atoms with Gasteiger partial charge in [-0.2, -0.15) is 0 Å². The van der Waals surface area contributed by atoms with E-state index in [-0.39, 0.29) is 12.1 Å². The van der Waals surface area contributed by atoms with Crippen molar-refractivity contribution in [3.8, 4) is 0 Å². The molecule has 0 saturated carbocycles. The summed E-state index contributed by atoms with van der Waals surface area (Å²) < 4.78 is 0. The highest BCUT2D eigenvalue weighted by molar-refractivity contribution is 5.92. The Morgan fingerprint density at radius 3 is 2.81 bits per heavy atom. The zero-order valence-corrected chi connectivity index (χ0v) is 15.7. The number of hydrogen-bond donors (Lipinski definition) is 4. The van der Waals surface area contributed by atoms with Crippen LogP contribution in [0.15, 0.2) is 36.4 Å². The molecule has 3 rings (SSSR count). The number of carbonyl (C=O) groups is 1. The summed E-state index contributed by atoms with van der Waals surface area (Å²) in [5, 5.41) is 16.7. The monoisotopic (exact) mass is 366 g/mol. The van der Waals surface area contributed by atoms with Crippen LogP contribution in [0, 0.1) is 5.41 Å². The number of aromatic nitrogens is 1. The van der Waals surface area contributed by atoms with Crippen molar-refractivity contribution in [1.29, 1.82) is 5.41 Å². The molecule has 2 aromatic rings. The number of nitrogens with zero attached hydrogens (tertiary/aromatic N) is 2. The second-order valence-electron chi connectivity index (χ2n) is 6.75. The number of carbonyl (C=O) groups excluding carboxylic acids is 1. The van der Waals surface area contributed by atoms with Crippen LogP contribution in [0.1, 0.15) is 35.7 Å². The molecule has 0 saturated heterocycles. The standard InChI is InChI=1S/C20H26N6O/c1-22-19-15(12-21)11-18-23-17(19)13-26(2)10-6-9-16(24-20(27)25-18)14-7-4-3-5-8-14/h3-5,7-8,11-12,16,21-22H,6,9-10,13H2,1-2H3,(H2,23,24,25,27). The fourth-order valence-electron chi connectivity index (χ4n) is 3.42. The number of rotatable bonds is 3. The minimum atomic E-state index is -0.288. The molecule has 1 aromatic carbocycles. The zero-order valence-electron chi connectivity index (χ0n) is 15.7.